The second-order valence-electron chi connectivity index (χ2n) is 8.14. The summed E-state index contributed by atoms with van der Waals surface area (Å²) < 4.78 is 70.3. The predicted molar refractivity (Wildman–Crippen MR) is 92.9 cm³/mol. The molecule has 156 valence electrons. The Balaban J connectivity index is 1.35. The highest BCUT2D eigenvalue weighted by Crippen LogP contribution is 2.43. The summed E-state index contributed by atoms with van der Waals surface area (Å²) in [5.41, 5.74) is -1.46. The van der Waals surface area contributed by atoms with Crippen molar-refractivity contribution in [1.29, 1.82) is 0 Å². The number of aryl methyl sites for hydroxylation is 1. The summed E-state index contributed by atoms with van der Waals surface area (Å²) in [7, 11) is -3.93. The van der Waals surface area contributed by atoms with Crippen LogP contribution in [0.2, 0.25) is 0 Å². The van der Waals surface area contributed by atoms with Crippen LogP contribution >= 0.6 is 0 Å². The number of nitrogens with zero attached hydrogens (tertiary/aromatic N) is 4. The molecule has 0 aliphatic carbocycles. The van der Waals surface area contributed by atoms with E-state index in [0.717, 1.165) is 45.7 Å². The van der Waals surface area contributed by atoms with E-state index in [-0.39, 0.29) is 11.1 Å². The molecule has 3 aliphatic rings. The molecule has 0 aromatic carbocycles. The molecule has 4 rings (SSSR count). The van der Waals surface area contributed by atoms with Gasteiger partial charge in [-0.1, -0.05) is 0 Å². The molecule has 11 heteroatoms. The molecule has 3 aliphatic heterocycles. The van der Waals surface area contributed by atoms with Crippen LogP contribution in [-0.2, 0) is 20.9 Å². The van der Waals surface area contributed by atoms with E-state index in [0.29, 0.717) is 25.2 Å². The molecule has 1 spiro atoms. The minimum atomic E-state index is -4.65. The highest BCUT2D eigenvalue weighted by Gasteiger charge is 2.55. The van der Waals surface area contributed by atoms with Crippen molar-refractivity contribution in [1.82, 2.24) is 19.2 Å². The largest absolute Gasteiger partial charge is 0.434 e. The molecule has 0 radical (unpaired) electrons. The molecule has 3 fully saturated rings. The van der Waals surface area contributed by atoms with Gasteiger partial charge in [0.15, 0.2) is 10.7 Å². The summed E-state index contributed by atoms with van der Waals surface area (Å²) in [6.45, 7) is 6.34. The van der Waals surface area contributed by atoms with Crippen LogP contribution < -0.4 is 0 Å². The van der Waals surface area contributed by atoms with Crippen LogP contribution in [0.4, 0.5) is 13.2 Å². The van der Waals surface area contributed by atoms with Crippen molar-refractivity contribution in [2.45, 2.75) is 31.0 Å². The minimum Gasteiger partial charge on any atom is -0.381 e. The van der Waals surface area contributed by atoms with E-state index in [1.807, 2.05) is 0 Å². The molecule has 0 N–H and O–H groups in total. The summed E-state index contributed by atoms with van der Waals surface area (Å²) in [5.74, 6) is 0.635. The standard InChI is InChI=1S/C17H23F3N4O3S/c1-12-15(21-6-14(22-12)17(18,19)20)28(25,26)24-10-16(11-24)8-23(9-16)7-13-2-4-27-5-3-13/h6,13H,2-5,7-11H2,1H3. The van der Waals surface area contributed by atoms with Crippen molar-refractivity contribution >= 4 is 10.0 Å². The predicted octanol–water partition coefficient (Wildman–Crippen LogP) is 1.54. The van der Waals surface area contributed by atoms with E-state index in [1.165, 1.54) is 11.2 Å². The number of likely N-dealkylation sites (tertiary alicyclic amines) is 1. The number of hydrogen-bond acceptors (Lipinski definition) is 6. The Bertz CT molecular complexity index is 842. The van der Waals surface area contributed by atoms with Crippen molar-refractivity contribution in [2.24, 2.45) is 11.3 Å². The zero-order valence-corrected chi connectivity index (χ0v) is 16.4. The Morgan fingerprint density at radius 1 is 1.21 bits per heavy atom. The fourth-order valence-electron chi connectivity index (χ4n) is 4.38. The zero-order chi connectivity index (χ0) is 20.2. The lowest BCUT2D eigenvalue weighted by Crippen LogP contribution is -2.73. The quantitative estimate of drug-likeness (QED) is 0.736. The second kappa shape index (κ2) is 6.89. The first kappa shape index (κ1) is 20.0. The van der Waals surface area contributed by atoms with E-state index < -0.39 is 26.9 Å². The van der Waals surface area contributed by atoms with Crippen molar-refractivity contribution in [2.75, 3.05) is 45.9 Å². The van der Waals surface area contributed by atoms with Gasteiger partial charge in [0.05, 0.1) is 11.9 Å². The summed E-state index contributed by atoms with van der Waals surface area (Å²) in [6, 6.07) is 0. The Morgan fingerprint density at radius 2 is 1.86 bits per heavy atom. The Labute approximate surface area is 161 Å². The SMILES string of the molecule is Cc1nc(C(F)(F)F)cnc1S(=O)(=O)N1CC2(CN(CC3CCOCC3)C2)C1. The van der Waals surface area contributed by atoms with Crippen LogP contribution in [0.15, 0.2) is 11.2 Å². The molecule has 1 aromatic rings. The molecule has 4 heterocycles. The average molecular weight is 420 g/mol. The van der Waals surface area contributed by atoms with Gasteiger partial charge in [0, 0.05) is 51.4 Å². The lowest BCUT2D eigenvalue weighted by atomic mass is 9.74. The van der Waals surface area contributed by atoms with Gasteiger partial charge in [-0.3, -0.25) is 0 Å². The third-order valence-corrected chi connectivity index (χ3v) is 7.60. The molecule has 3 saturated heterocycles. The van der Waals surface area contributed by atoms with Gasteiger partial charge in [-0.25, -0.2) is 18.4 Å². The number of halogens is 3. The molecular weight excluding hydrogens is 397 g/mol. The highest BCUT2D eigenvalue weighted by molar-refractivity contribution is 7.89. The van der Waals surface area contributed by atoms with Gasteiger partial charge in [-0.2, -0.15) is 17.5 Å². The maximum atomic E-state index is 12.7. The number of aromatic nitrogens is 2. The summed E-state index contributed by atoms with van der Waals surface area (Å²) in [4.78, 5) is 9.31. The van der Waals surface area contributed by atoms with Gasteiger partial charge >= 0.3 is 6.18 Å². The molecule has 7 nitrogen and oxygen atoms in total. The van der Waals surface area contributed by atoms with Crippen LogP contribution in [0, 0.1) is 18.3 Å². The van der Waals surface area contributed by atoms with E-state index in [2.05, 4.69) is 14.9 Å². The molecule has 0 saturated carbocycles. The van der Waals surface area contributed by atoms with Crippen molar-refractivity contribution < 1.29 is 26.3 Å². The molecule has 0 unspecified atom stereocenters. The Hall–Kier alpha value is -1.30. The number of sulfonamides is 1. The van der Waals surface area contributed by atoms with Gasteiger partial charge in [-0.05, 0) is 25.7 Å². The first-order chi connectivity index (χ1) is 13.1. The van der Waals surface area contributed by atoms with Crippen molar-refractivity contribution in [3.63, 3.8) is 0 Å². The third-order valence-electron chi connectivity index (χ3n) is 5.78. The van der Waals surface area contributed by atoms with Gasteiger partial charge in [0.1, 0.15) is 0 Å². The first-order valence-electron chi connectivity index (χ1n) is 9.30. The van der Waals surface area contributed by atoms with Crippen molar-refractivity contribution in [3.05, 3.63) is 17.6 Å². The summed E-state index contributed by atoms with van der Waals surface area (Å²) in [6.07, 6.45) is -2.04. The van der Waals surface area contributed by atoms with Crippen LogP contribution in [0.3, 0.4) is 0 Å². The number of alkyl halides is 3. The van der Waals surface area contributed by atoms with Crippen LogP contribution in [0.25, 0.3) is 0 Å². The van der Waals surface area contributed by atoms with Gasteiger partial charge in [-0.15, -0.1) is 0 Å². The second-order valence-corrected chi connectivity index (χ2v) is 10.00. The number of rotatable bonds is 4. The van der Waals surface area contributed by atoms with Crippen molar-refractivity contribution in [3.8, 4) is 0 Å². The molecular formula is C17H23F3N4O3S. The number of hydrogen-bond donors (Lipinski definition) is 0. The van der Waals surface area contributed by atoms with E-state index in [9.17, 15) is 21.6 Å². The lowest BCUT2D eigenvalue weighted by Gasteiger charge is -2.60. The van der Waals surface area contributed by atoms with E-state index in [4.69, 9.17) is 4.74 Å². The van der Waals surface area contributed by atoms with Crippen LogP contribution in [0.1, 0.15) is 24.2 Å². The maximum Gasteiger partial charge on any atom is 0.434 e. The normalized spacial score (nSPS) is 24.1. The monoisotopic (exact) mass is 420 g/mol. The lowest BCUT2D eigenvalue weighted by molar-refractivity contribution is -0.141. The van der Waals surface area contributed by atoms with Gasteiger partial charge in [0.2, 0.25) is 0 Å². The molecule has 0 amide bonds. The Kier molecular flexibility index (Phi) is 4.92. The topological polar surface area (TPSA) is 75.6 Å². The van der Waals surface area contributed by atoms with Gasteiger partial charge in [0.25, 0.3) is 10.0 Å². The summed E-state index contributed by atoms with van der Waals surface area (Å²) in [5, 5.41) is -0.395. The smallest absolute Gasteiger partial charge is 0.381 e. The number of ether oxygens (including phenoxy) is 1. The first-order valence-corrected chi connectivity index (χ1v) is 10.7. The Morgan fingerprint density at radius 3 is 2.43 bits per heavy atom. The van der Waals surface area contributed by atoms with Crippen LogP contribution in [-0.4, -0.2) is 73.5 Å². The molecule has 0 bridgehead atoms. The fraction of sp³-hybridized carbons (Fsp3) is 0.765. The van der Waals surface area contributed by atoms with Crippen LogP contribution in [0.5, 0.6) is 0 Å². The maximum absolute atomic E-state index is 12.7. The van der Waals surface area contributed by atoms with Gasteiger partial charge < -0.3 is 9.64 Å². The molecule has 0 atom stereocenters. The van der Waals surface area contributed by atoms with E-state index in [1.54, 1.807) is 0 Å². The highest BCUT2D eigenvalue weighted by atomic mass is 32.2. The molecule has 28 heavy (non-hydrogen) atoms. The average Bonchev–Trinajstić information content (AvgIpc) is 2.55. The zero-order valence-electron chi connectivity index (χ0n) is 15.6. The fourth-order valence-corrected chi connectivity index (χ4v) is 6.12. The minimum absolute atomic E-state index is 0.0362. The summed E-state index contributed by atoms with van der Waals surface area (Å²) >= 11 is 0. The van der Waals surface area contributed by atoms with E-state index >= 15 is 0 Å². The third kappa shape index (κ3) is 3.64. The molecule has 1 aromatic heterocycles.